The molecule has 284 valence electrons. The Bertz CT molecular complexity index is 2090. The van der Waals surface area contributed by atoms with Gasteiger partial charge in [-0.3, -0.25) is 0 Å². The summed E-state index contributed by atoms with van der Waals surface area (Å²) in [5, 5.41) is 5.58. The maximum absolute atomic E-state index is 4.93. The van der Waals surface area contributed by atoms with Gasteiger partial charge in [0.2, 0.25) is 0 Å². The summed E-state index contributed by atoms with van der Waals surface area (Å²) in [6.45, 7) is 11.0. The molecular formula is C51H58Cl2SiZr. The summed E-state index contributed by atoms with van der Waals surface area (Å²) in [5.41, 5.74) is 11.9. The van der Waals surface area contributed by atoms with E-state index < -0.39 is 20.8 Å². The number of aryl methyl sites for hydroxylation is 1. The molecule has 0 amide bonds. The number of fused-ring (bicyclic) bond motifs is 2. The molecule has 5 fully saturated rings. The van der Waals surface area contributed by atoms with Crippen molar-refractivity contribution in [3.63, 3.8) is 0 Å². The van der Waals surface area contributed by atoms with Crippen LogP contribution in [0.4, 0.5) is 0 Å². The van der Waals surface area contributed by atoms with Crippen molar-refractivity contribution < 1.29 is 20.8 Å². The second-order valence-electron chi connectivity index (χ2n) is 17.5. The molecule has 0 nitrogen and oxygen atoms in total. The van der Waals surface area contributed by atoms with Gasteiger partial charge in [0.05, 0.1) is 0 Å². The van der Waals surface area contributed by atoms with Gasteiger partial charge in [0.1, 0.15) is 0 Å². The monoisotopic (exact) mass is 858 g/mol. The van der Waals surface area contributed by atoms with Crippen LogP contribution in [-0.2, 0) is 26.3 Å². The van der Waals surface area contributed by atoms with E-state index in [-0.39, 0.29) is 0 Å². The van der Waals surface area contributed by atoms with Crippen LogP contribution in [0.2, 0.25) is 13.1 Å². The number of hydrogen-bond acceptors (Lipinski definition) is 0. The summed E-state index contributed by atoms with van der Waals surface area (Å²) in [6.07, 6.45) is 14.5. The van der Waals surface area contributed by atoms with Gasteiger partial charge < -0.3 is 0 Å². The van der Waals surface area contributed by atoms with Gasteiger partial charge >= 0.3 is 37.9 Å². The van der Waals surface area contributed by atoms with Crippen molar-refractivity contribution in [2.24, 2.45) is 17.8 Å². The van der Waals surface area contributed by atoms with Gasteiger partial charge in [-0.2, -0.15) is 12.1 Å². The Labute approximate surface area is 353 Å². The first kappa shape index (κ1) is 41.0. The van der Waals surface area contributed by atoms with Gasteiger partial charge in [-0.1, -0.05) is 118 Å². The van der Waals surface area contributed by atoms with Crippen LogP contribution in [0.15, 0.2) is 109 Å². The van der Waals surface area contributed by atoms with E-state index in [1.54, 1.807) is 11.1 Å². The second-order valence-corrected chi connectivity index (χ2v) is 22.3. The Kier molecular flexibility index (Phi) is 13.8. The van der Waals surface area contributed by atoms with Crippen molar-refractivity contribution >= 4 is 48.1 Å². The number of halogens is 2. The van der Waals surface area contributed by atoms with Crippen molar-refractivity contribution in [2.45, 2.75) is 115 Å². The number of benzene rings is 4. The van der Waals surface area contributed by atoms with Crippen LogP contribution in [0.3, 0.4) is 0 Å². The predicted octanol–water partition coefficient (Wildman–Crippen LogP) is 16.2. The fourth-order valence-electron chi connectivity index (χ4n) is 11.2. The normalized spacial score (nSPS) is 22.4. The average Bonchev–Trinajstić information content (AvgIpc) is 3.95. The molecule has 2 radical (unpaired) electrons. The van der Waals surface area contributed by atoms with Gasteiger partial charge in [-0.25, -0.2) is 0 Å². The number of hydrogen-bond donors (Lipinski definition) is 0. The Hall–Kier alpha value is -2.22. The van der Waals surface area contributed by atoms with Gasteiger partial charge in [-0.05, 0) is 109 Å². The predicted molar refractivity (Wildman–Crippen MR) is 239 cm³/mol. The molecule has 4 heteroatoms. The standard InChI is InChI=1S/C26H27.C23H25.C2H6Si.2ClH.Zr/c1-17-9-22-3-2-4-24(25(22)10-17)21-5-7-23(8-6-21)26-14-18-11-19(15-26)13-20(12-18)16-26;1-16(2)17-10-12-19(13-11-17)22-9-5-8-20-14-21(15-23(20)22)18-6-3-4-7-18;1-3-2;;;/h2-10,18-20H,11-16H2,1H3;5,8-16,18H,3-4,6-7H2,1-2H3;1-2H3;2*1H;/q2*-1;;;;+4/p-2. The molecule has 5 saturated carbocycles. The molecule has 0 aromatic heterocycles. The molecule has 0 spiro atoms. The zero-order valence-corrected chi connectivity index (χ0v) is 38.6. The summed E-state index contributed by atoms with van der Waals surface area (Å²) in [5.74, 6) is 4.43. The third kappa shape index (κ3) is 9.25. The summed E-state index contributed by atoms with van der Waals surface area (Å²) in [7, 11) is 11.0. The Morgan fingerprint density at radius 3 is 1.65 bits per heavy atom. The topological polar surface area (TPSA) is 0 Å². The first-order valence-electron chi connectivity index (χ1n) is 20.9. The molecule has 0 N–H and O–H groups in total. The number of rotatable bonds is 5. The van der Waals surface area contributed by atoms with Crippen LogP contribution >= 0.6 is 17.0 Å². The van der Waals surface area contributed by atoms with E-state index in [9.17, 15) is 0 Å². The van der Waals surface area contributed by atoms with Crippen molar-refractivity contribution in [1.29, 1.82) is 0 Å². The van der Waals surface area contributed by atoms with Gasteiger partial charge in [0, 0.05) is 9.52 Å². The van der Waals surface area contributed by atoms with Crippen molar-refractivity contribution in [1.82, 2.24) is 0 Å². The fourth-order valence-corrected chi connectivity index (χ4v) is 11.2. The molecule has 55 heavy (non-hydrogen) atoms. The van der Waals surface area contributed by atoms with E-state index in [0.29, 0.717) is 11.3 Å². The molecule has 0 atom stereocenters. The van der Waals surface area contributed by atoms with E-state index in [1.165, 1.54) is 119 Å². The van der Waals surface area contributed by atoms with Crippen LogP contribution in [0.1, 0.15) is 112 Å². The van der Waals surface area contributed by atoms with Gasteiger partial charge in [0.25, 0.3) is 0 Å². The summed E-state index contributed by atoms with van der Waals surface area (Å²) in [6, 6.07) is 41.8. The van der Waals surface area contributed by atoms with Gasteiger partial charge in [-0.15, -0.1) is 69.1 Å². The molecule has 0 unspecified atom stereocenters. The molecule has 11 rings (SSSR count). The zero-order chi connectivity index (χ0) is 38.5. The zero-order valence-electron chi connectivity index (χ0n) is 33.6. The van der Waals surface area contributed by atoms with Crippen LogP contribution in [0.5, 0.6) is 0 Å². The van der Waals surface area contributed by atoms with Crippen LogP contribution < -0.4 is 0 Å². The molecule has 0 heterocycles. The molecular weight excluding hydrogens is 803 g/mol. The Morgan fingerprint density at radius 2 is 1.15 bits per heavy atom. The van der Waals surface area contributed by atoms with E-state index in [2.05, 4.69) is 143 Å². The van der Waals surface area contributed by atoms with Crippen LogP contribution in [0.25, 0.3) is 43.8 Å². The second kappa shape index (κ2) is 18.6. The Balaban J connectivity index is 0.000000149. The van der Waals surface area contributed by atoms with Crippen molar-refractivity contribution in [3.8, 4) is 22.3 Å². The van der Waals surface area contributed by atoms with Crippen LogP contribution in [0, 0.1) is 24.7 Å². The first-order valence-corrected chi connectivity index (χ1v) is 29.2. The van der Waals surface area contributed by atoms with Gasteiger partial charge in [0.15, 0.2) is 0 Å². The molecule has 5 aliphatic rings. The molecule has 4 bridgehead atoms. The molecule has 6 aromatic carbocycles. The maximum atomic E-state index is 4.93. The average molecular weight is 861 g/mol. The molecule has 6 aromatic rings. The summed E-state index contributed by atoms with van der Waals surface area (Å²) >= 11 is -0.826. The van der Waals surface area contributed by atoms with E-state index >= 15 is 0 Å². The molecule has 5 aliphatic carbocycles. The van der Waals surface area contributed by atoms with Crippen molar-refractivity contribution in [3.05, 3.63) is 131 Å². The molecule has 0 aliphatic heterocycles. The van der Waals surface area contributed by atoms with E-state index in [1.807, 2.05) is 0 Å². The van der Waals surface area contributed by atoms with Crippen molar-refractivity contribution in [2.75, 3.05) is 0 Å². The van der Waals surface area contributed by atoms with Crippen LogP contribution in [-0.4, -0.2) is 9.52 Å². The minimum atomic E-state index is -0.826. The third-order valence-electron chi connectivity index (χ3n) is 13.2. The Morgan fingerprint density at radius 1 is 0.673 bits per heavy atom. The molecule has 0 saturated heterocycles. The summed E-state index contributed by atoms with van der Waals surface area (Å²) < 4.78 is 0. The first-order chi connectivity index (χ1) is 26.7. The minimum absolute atomic E-state index is 0.510. The van der Waals surface area contributed by atoms with E-state index in [0.717, 1.165) is 33.2 Å². The SMILES string of the molecule is CC(C)c1ccc(-c2cccc3[cH-]c(C4CCCC4)cc23)cc1.C[Si]C.Cc1cc2c(-c3ccc(C45CC6CC(CC(C6)C4)C5)cc3)cccc2[cH-]1.[Cl][Zr+2][Cl]. The summed E-state index contributed by atoms with van der Waals surface area (Å²) in [4.78, 5) is 0. The fraction of sp³-hybridized carbons (Fsp3) is 0.412. The third-order valence-corrected chi connectivity index (χ3v) is 13.2. The van der Waals surface area contributed by atoms with E-state index in [4.69, 9.17) is 17.0 Å². The quantitative estimate of drug-likeness (QED) is 0.120.